The Morgan fingerprint density at radius 2 is 1.88 bits per heavy atom. The van der Waals surface area contributed by atoms with Crippen molar-refractivity contribution in [2.45, 2.75) is 13.5 Å². The number of halogens is 1. The Balaban J connectivity index is 1.45. The van der Waals surface area contributed by atoms with Gasteiger partial charge in [-0.25, -0.2) is 9.18 Å². The maximum atomic E-state index is 13.9. The van der Waals surface area contributed by atoms with E-state index in [1.54, 1.807) is 19.3 Å². The molecule has 0 unspecified atom stereocenters. The molecule has 0 aliphatic carbocycles. The molecule has 4 aromatic rings. The number of aromatic nitrogens is 1. The van der Waals surface area contributed by atoms with Crippen LogP contribution in [0.3, 0.4) is 0 Å². The predicted octanol–water partition coefficient (Wildman–Crippen LogP) is 5.64. The van der Waals surface area contributed by atoms with Crippen molar-refractivity contribution in [3.8, 4) is 17.2 Å². The number of rotatable bonds is 5. The van der Waals surface area contributed by atoms with Crippen LogP contribution in [0.1, 0.15) is 33.2 Å². The molecule has 0 bridgehead atoms. The summed E-state index contributed by atoms with van der Waals surface area (Å²) in [7, 11) is 1.60. The van der Waals surface area contributed by atoms with Gasteiger partial charge in [-0.2, -0.15) is 0 Å². The SMILES string of the molecule is CCn1cc(/C=C2/Oc3cc(OC(=O)c4ccccc4F)ccc3C2=O)c2cc(OC)ccc21. The first-order valence-electron chi connectivity index (χ1n) is 10.7. The van der Waals surface area contributed by atoms with Gasteiger partial charge in [0.1, 0.15) is 23.1 Å². The molecular formula is C27H20FNO5. The minimum Gasteiger partial charge on any atom is -0.497 e. The minimum absolute atomic E-state index is 0.147. The Labute approximate surface area is 194 Å². The predicted molar refractivity (Wildman–Crippen MR) is 125 cm³/mol. The second kappa shape index (κ2) is 8.51. The number of aryl methyl sites for hydroxylation is 1. The Morgan fingerprint density at radius 3 is 2.65 bits per heavy atom. The Bertz CT molecular complexity index is 1480. The zero-order valence-electron chi connectivity index (χ0n) is 18.5. The maximum Gasteiger partial charge on any atom is 0.346 e. The highest BCUT2D eigenvalue weighted by Crippen LogP contribution is 2.36. The van der Waals surface area contributed by atoms with Gasteiger partial charge in [-0.05, 0) is 55.5 Å². The number of methoxy groups -OCH3 is 1. The molecule has 0 radical (unpaired) electrons. The molecule has 170 valence electrons. The highest BCUT2D eigenvalue weighted by Gasteiger charge is 2.28. The number of ether oxygens (including phenoxy) is 3. The smallest absolute Gasteiger partial charge is 0.346 e. The number of hydrogen-bond acceptors (Lipinski definition) is 5. The molecule has 7 heteroatoms. The number of fused-ring (bicyclic) bond motifs is 2. The quantitative estimate of drug-likeness (QED) is 0.220. The lowest BCUT2D eigenvalue weighted by molar-refractivity contribution is 0.0729. The van der Waals surface area contributed by atoms with Gasteiger partial charge >= 0.3 is 5.97 Å². The van der Waals surface area contributed by atoms with E-state index in [4.69, 9.17) is 14.2 Å². The Morgan fingerprint density at radius 1 is 1.09 bits per heavy atom. The third-order valence-electron chi connectivity index (χ3n) is 5.69. The van der Waals surface area contributed by atoms with Crippen molar-refractivity contribution >= 4 is 28.7 Å². The summed E-state index contributed by atoms with van der Waals surface area (Å²) in [5, 5.41) is 0.931. The molecule has 0 N–H and O–H groups in total. The van der Waals surface area contributed by atoms with Gasteiger partial charge in [-0.3, -0.25) is 4.79 Å². The lowest BCUT2D eigenvalue weighted by Crippen LogP contribution is -2.10. The first kappa shape index (κ1) is 21.5. The summed E-state index contributed by atoms with van der Waals surface area (Å²) >= 11 is 0. The highest BCUT2D eigenvalue weighted by atomic mass is 19.1. The van der Waals surface area contributed by atoms with E-state index in [1.807, 2.05) is 31.3 Å². The van der Waals surface area contributed by atoms with Crippen LogP contribution in [0.5, 0.6) is 17.2 Å². The number of carbonyl (C=O) groups excluding carboxylic acids is 2. The topological polar surface area (TPSA) is 66.8 Å². The Kier molecular flexibility index (Phi) is 5.37. The van der Waals surface area contributed by atoms with E-state index in [1.165, 1.54) is 36.4 Å². The van der Waals surface area contributed by atoms with E-state index in [0.717, 1.165) is 23.0 Å². The van der Waals surface area contributed by atoms with Gasteiger partial charge in [0.05, 0.1) is 18.2 Å². The second-order valence-electron chi connectivity index (χ2n) is 7.72. The van der Waals surface area contributed by atoms with E-state index in [-0.39, 0.29) is 28.6 Å². The molecule has 0 saturated heterocycles. The zero-order chi connectivity index (χ0) is 23.8. The van der Waals surface area contributed by atoms with E-state index < -0.39 is 11.8 Å². The van der Waals surface area contributed by atoms with Gasteiger partial charge in [0, 0.05) is 35.3 Å². The number of ketones is 1. The van der Waals surface area contributed by atoms with E-state index in [2.05, 4.69) is 4.57 Å². The molecule has 0 fully saturated rings. The van der Waals surface area contributed by atoms with Crippen LogP contribution in [0.15, 0.2) is 72.6 Å². The number of allylic oxidation sites excluding steroid dienone is 1. The molecule has 3 aromatic carbocycles. The molecule has 0 amide bonds. The minimum atomic E-state index is -0.834. The molecule has 2 heterocycles. The first-order valence-corrected chi connectivity index (χ1v) is 10.7. The van der Waals surface area contributed by atoms with Crippen LogP contribution in [-0.2, 0) is 6.54 Å². The summed E-state index contributed by atoms with van der Waals surface area (Å²) in [6.07, 6.45) is 3.65. The monoisotopic (exact) mass is 457 g/mol. The summed E-state index contributed by atoms with van der Waals surface area (Å²) in [5.74, 6) is -0.495. The third-order valence-corrected chi connectivity index (χ3v) is 5.69. The molecule has 5 rings (SSSR count). The standard InChI is InChI=1S/C27H20FNO5/c1-3-29-15-16(21-13-17(32-2)9-11-23(21)29)12-25-26(30)20-10-8-18(14-24(20)34-25)33-27(31)19-6-4-5-7-22(19)28/h4-15H,3H2,1-2H3/b25-12+. The van der Waals surface area contributed by atoms with Gasteiger partial charge in [0.15, 0.2) is 5.76 Å². The highest BCUT2D eigenvalue weighted by molar-refractivity contribution is 6.15. The van der Waals surface area contributed by atoms with Gasteiger partial charge in [-0.15, -0.1) is 0 Å². The molecule has 1 aliphatic rings. The second-order valence-corrected chi connectivity index (χ2v) is 7.72. The van der Waals surface area contributed by atoms with E-state index >= 15 is 0 Å². The fourth-order valence-electron chi connectivity index (χ4n) is 3.97. The van der Waals surface area contributed by atoms with Crippen molar-refractivity contribution in [2.24, 2.45) is 0 Å². The average Bonchev–Trinajstić information content (AvgIpc) is 3.35. The molecule has 6 nitrogen and oxygen atoms in total. The van der Waals surface area contributed by atoms with Crippen LogP contribution in [0, 0.1) is 5.82 Å². The van der Waals surface area contributed by atoms with Crippen molar-refractivity contribution in [3.05, 3.63) is 95.1 Å². The first-order chi connectivity index (χ1) is 16.5. The summed E-state index contributed by atoms with van der Waals surface area (Å²) in [5.41, 5.74) is 2.01. The molecule has 0 spiro atoms. The van der Waals surface area contributed by atoms with E-state index in [0.29, 0.717) is 11.3 Å². The fraction of sp³-hybridized carbons (Fsp3) is 0.111. The number of nitrogens with zero attached hydrogens (tertiary/aromatic N) is 1. The summed E-state index contributed by atoms with van der Waals surface area (Å²) in [6, 6.07) is 15.8. The largest absolute Gasteiger partial charge is 0.497 e. The number of esters is 1. The normalized spacial score (nSPS) is 13.7. The lowest BCUT2D eigenvalue weighted by Gasteiger charge is -2.06. The van der Waals surface area contributed by atoms with Crippen LogP contribution in [0.2, 0.25) is 0 Å². The molecular weight excluding hydrogens is 437 g/mol. The van der Waals surface area contributed by atoms with Gasteiger partial charge in [0.2, 0.25) is 5.78 Å². The molecule has 0 atom stereocenters. The number of Topliss-reactive ketones (excluding diaryl/α,β-unsaturated/α-hetero) is 1. The van der Waals surface area contributed by atoms with Crippen LogP contribution < -0.4 is 14.2 Å². The van der Waals surface area contributed by atoms with E-state index in [9.17, 15) is 14.0 Å². The average molecular weight is 457 g/mol. The van der Waals surface area contributed by atoms with Crippen LogP contribution in [-0.4, -0.2) is 23.4 Å². The lowest BCUT2D eigenvalue weighted by atomic mass is 10.1. The van der Waals surface area contributed by atoms with Gasteiger partial charge in [0.25, 0.3) is 0 Å². The van der Waals surface area contributed by atoms with Crippen molar-refractivity contribution in [1.29, 1.82) is 0 Å². The fourth-order valence-corrected chi connectivity index (χ4v) is 3.97. The van der Waals surface area contributed by atoms with Crippen LogP contribution in [0.4, 0.5) is 4.39 Å². The summed E-state index contributed by atoms with van der Waals surface area (Å²) < 4.78 is 32.4. The molecule has 1 aromatic heterocycles. The zero-order valence-corrected chi connectivity index (χ0v) is 18.5. The molecule has 1 aliphatic heterocycles. The molecule has 0 saturated carbocycles. The van der Waals surface area contributed by atoms with Crippen LogP contribution >= 0.6 is 0 Å². The maximum absolute atomic E-state index is 13.9. The summed E-state index contributed by atoms with van der Waals surface area (Å²) in [6.45, 7) is 2.80. The van der Waals surface area contributed by atoms with Gasteiger partial charge in [-0.1, -0.05) is 12.1 Å². The van der Waals surface area contributed by atoms with Crippen molar-refractivity contribution < 1.29 is 28.2 Å². The number of hydrogen-bond donors (Lipinski definition) is 0. The molecule has 34 heavy (non-hydrogen) atoms. The number of carbonyl (C=O) groups is 2. The Hall–Kier alpha value is -4.39. The van der Waals surface area contributed by atoms with Gasteiger partial charge < -0.3 is 18.8 Å². The number of benzene rings is 3. The third kappa shape index (κ3) is 3.71. The summed E-state index contributed by atoms with van der Waals surface area (Å²) in [4.78, 5) is 25.3. The van der Waals surface area contributed by atoms with Crippen molar-refractivity contribution in [2.75, 3.05) is 7.11 Å². The van der Waals surface area contributed by atoms with Crippen molar-refractivity contribution in [3.63, 3.8) is 0 Å². The van der Waals surface area contributed by atoms with Crippen LogP contribution in [0.25, 0.3) is 17.0 Å². The van der Waals surface area contributed by atoms with Crippen molar-refractivity contribution in [1.82, 2.24) is 4.57 Å².